The highest BCUT2D eigenvalue weighted by Gasteiger charge is 2.20. The van der Waals surface area contributed by atoms with E-state index in [0.717, 1.165) is 12.2 Å². The Labute approximate surface area is 124 Å². The minimum absolute atomic E-state index is 0.0468. The largest absolute Gasteiger partial charge is 0.482 e. The number of hydrogen-bond donors (Lipinski definition) is 3. The Hall–Kier alpha value is -1.95. The zero-order chi connectivity index (χ0) is 14.8. The molecule has 4 N–H and O–H groups in total. The first-order chi connectivity index (χ1) is 10.1. The normalized spacial score (nSPS) is 19.6. The number of benzene rings is 1. The Morgan fingerprint density at radius 2 is 2.19 bits per heavy atom. The minimum Gasteiger partial charge on any atom is -0.482 e. The predicted octanol–water partition coefficient (Wildman–Crippen LogP) is 1.50. The van der Waals surface area contributed by atoms with Crippen LogP contribution in [0.3, 0.4) is 0 Å². The Bertz CT molecular complexity index is 541. The standard InChI is InChI=1S/C15H22N4O2/c1-10(19-4-2-3-5-19)8-17-12-7-13-14(6-11(12)16)21-9-15(20)18-13/h6-7,10,17H,2-5,8-9,16H2,1H3,(H,18,20). The van der Waals surface area contributed by atoms with E-state index in [1.807, 2.05) is 6.07 Å². The third-order valence-electron chi connectivity index (χ3n) is 4.14. The van der Waals surface area contributed by atoms with Crippen molar-refractivity contribution in [2.75, 3.05) is 42.6 Å². The molecule has 0 saturated carbocycles. The number of likely N-dealkylation sites (tertiary alicyclic amines) is 1. The van der Waals surface area contributed by atoms with Crippen molar-refractivity contribution in [1.82, 2.24) is 4.90 Å². The summed E-state index contributed by atoms with van der Waals surface area (Å²) in [5.74, 6) is 0.494. The summed E-state index contributed by atoms with van der Waals surface area (Å²) in [6.07, 6.45) is 2.57. The molecule has 1 amide bonds. The van der Waals surface area contributed by atoms with Crippen molar-refractivity contribution in [3.8, 4) is 5.75 Å². The van der Waals surface area contributed by atoms with Gasteiger partial charge in [0.2, 0.25) is 0 Å². The molecule has 114 valence electrons. The molecule has 1 saturated heterocycles. The number of carbonyl (C=O) groups is 1. The number of fused-ring (bicyclic) bond motifs is 1. The number of nitrogens with one attached hydrogen (secondary N) is 2. The average molecular weight is 290 g/mol. The van der Waals surface area contributed by atoms with Gasteiger partial charge in [0.05, 0.1) is 17.1 Å². The highest BCUT2D eigenvalue weighted by atomic mass is 16.5. The maximum absolute atomic E-state index is 11.4. The van der Waals surface area contributed by atoms with Crippen molar-refractivity contribution in [2.45, 2.75) is 25.8 Å². The van der Waals surface area contributed by atoms with Crippen LogP contribution in [0.2, 0.25) is 0 Å². The third kappa shape index (κ3) is 3.05. The second-order valence-corrected chi connectivity index (χ2v) is 5.75. The molecule has 1 aromatic rings. The summed E-state index contributed by atoms with van der Waals surface area (Å²) in [5.41, 5.74) is 8.20. The van der Waals surface area contributed by atoms with Crippen LogP contribution in [0.15, 0.2) is 12.1 Å². The quantitative estimate of drug-likeness (QED) is 0.732. The van der Waals surface area contributed by atoms with Gasteiger partial charge < -0.3 is 21.1 Å². The summed E-state index contributed by atoms with van der Waals surface area (Å²) in [7, 11) is 0. The minimum atomic E-state index is -0.136. The average Bonchev–Trinajstić information content (AvgIpc) is 2.99. The van der Waals surface area contributed by atoms with E-state index in [9.17, 15) is 4.79 Å². The molecule has 0 aromatic heterocycles. The van der Waals surface area contributed by atoms with Crippen LogP contribution in [-0.2, 0) is 4.79 Å². The van der Waals surface area contributed by atoms with E-state index in [2.05, 4.69) is 22.5 Å². The molecule has 0 bridgehead atoms. The lowest BCUT2D eigenvalue weighted by Gasteiger charge is -2.25. The number of hydrogen-bond acceptors (Lipinski definition) is 5. The summed E-state index contributed by atoms with van der Waals surface area (Å²) >= 11 is 0. The molecule has 6 heteroatoms. The van der Waals surface area contributed by atoms with Gasteiger partial charge in [0.25, 0.3) is 5.91 Å². The molecule has 21 heavy (non-hydrogen) atoms. The van der Waals surface area contributed by atoms with Gasteiger partial charge in [0.15, 0.2) is 6.61 Å². The Morgan fingerprint density at radius 1 is 1.43 bits per heavy atom. The molecule has 1 fully saturated rings. The zero-order valence-corrected chi connectivity index (χ0v) is 12.3. The first-order valence-electron chi connectivity index (χ1n) is 7.47. The van der Waals surface area contributed by atoms with Gasteiger partial charge in [-0.25, -0.2) is 0 Å². The second kappa shape index (κ2) is 5.81. The molecule has 0 spiro atoms. The molecule has 2 aliphatic heterocycles. The summed E-state index contributed by atoms with van der Waals surface area (Å²) in [6, 6.07) is 4.07. The molecule has 1 atom stereocenters. The smallest absolute Gasteiger partial charge is 0.262 e. The molecule has 2 aliphatic rings. The molecule has 3 rings (SSSR count). The van der Waals surface area contributed by atoms with Crippen LogP contribution < -0.4 is 21.1 Å². The number of rotatable bonds is 4. The number of anilines is 3. The van der Waals surface area contributed by atoms with E-state index in [1.54, 1.807) is 6.07 Å². The van der Waals surface area contributed by atoms with Gasteiger partial charge in [-0.2, -0.15) is 0 Å². The Morgan fingerprint density at radius 3 is 2.95 bits per heavy atom. The first kappa shape index (κ1) is 14.0. The Kier molecular flexibility index (Phi) is 3.88. The number of nitrogens with two attached hydrogens (primary N) is 1. The van der Waals surface area contributed by atoms with Crippen LogP contribution in [-0.4, -0.2) is 43.1 Å². The van der Waals surface area contributed by atoms with Gasteiger partial charge in [-0.3, -0.25) is 9.69 Å². The fourth-order valence-corrected chi connectivity index (χ4v) is 2.86. The lowest BCUT2D eigenvalue weighted by atomic mass is 10.2. The van der Waals surface area contributed by atoms with Crippen LogP contribution in [0, 0.1) is 0 Å². The van der Waals surface area contributed by atoms with Gasteiger partial charge in [-0.15, -0.1) is 0 Å². The molecule has 1 unspecified atom stereocenters. The van der Waals surface area contributed by atoms with Crippen molar-refractivity contribution >= 4 is 23.0 Å². The van der Waals surface area contributed by atoms with Crippen LogP contribution in [0.5, 0.6) is 5.75 Å². The van der Waals surface area contributed by atoms with E-state index < -0.39 is 0 Å². The summed E-state index contributed by atoms with van der Waals surface area (Å²) in [4.78, 5) is 13.8. The van der Waals surface area contributed by atoms with E-state index in [0.29, 0.717) is 23.2 Å². The van der Waals surface area contributed by atoms with Crippen LogP contribution in [0.4, 0.5) is 17.1 Å². The van der Waals surface area contributed by atoms with Crippen molar-refractivity contribution in [2.24, 2.45) is 0 Å². The number of carbonyl (C=O) groups excluding carboxylic acids is 1. The first-order valence-corrected chi connectivity index (χ1v) is 7.47. The maximum atomic E-state index is 11.4. The van der Waals surface area contributed by atoms with E-state index in [-0.39, 0.29) is 12.5 Å². The number of nitrogens with zero attached hydrogens (tertiary/aromatic N) is 1. The van der Waals surface area contributed by atoms with Crippen LogP contribution in [0.1, 0.15) is 19.8 Å². The predicted molar refractivity (Wildman–Crippen MR) is 83.7 cm³/mol. The SMILES string of the molecule is CC(CNc1cc2c(cc1N)OCC(=O)N2)N1CCCC1. The number of nitrogen functional groups attached to an aromatic ring is 1. The topological polar surface area (TPSA) is 79.6 Å². The lowest BCUT2D eigenvalue weighted by Crippen LogP contribution is -2.35. The second-order valence-electron chi connectivity index (χ2n) is 5.75. The van der Waals surface area contributed by atoms with Gasteiger partial charge in [-0.05, 0) is 38.9 Å². The molecule has 0 radical (unpaired) electrons. The highest BCUT2D eigenvalue weighted by Crippen LogP contribution is 2.35. The Balaban J connectivity index is 1.67. The third-order valence-corrected chi connectivity index (χ3v) is 4.14. The fourth-order valence-electron chi connectivity index (χ4n) is 2.86. The van der Waals surface area contributed by atoms with Crippen molar-refractivity contribution in [3.05, 3.63) is 12.1 Å². The fraction of sp³-hybridized carbons (Fsp3) is 0.533. The maximum Gasteiger partial charge on any atom is 0.262 e. The van der Waals surface area contributed by atoms with Gasteiger partial charge >= 0.3 is 0 Å². The van der Waals surface area contributed by atoms with Crippen molar-refractivity contribution in [3.63, 3.8) is 0 Å². The number of amides is 1. The molecule has 6 nitrogen and oxygen atoms in total. The molecular formula is C15H22N4O2. The van der Waals surface area contributed by atoms with E-state index in [4.69, 9.17) is 10.5 Å². The van der Waals surface area contributed by atoms with Crippen molar-refractivity contribution in [1.29, 1.82) is 0 Å². The van der Waals surface area contributed by atoms with Gasteiger partial charge in [0, 0.05) is 18.7 Å². The molecular weight excluding hydrogens is 268 g/mol. The van der Waals surface area contributed by atoms with Gasteiger partial charge in [0.1, 0.15) is 5.75 Å². The molecule has 1 aromatic carbocycles. The number of ether oxygens (including phenoxy) is 1. The molecule has 2 heterocycles. The zero-order valence-electron chi connectivity index (χ0n) is 12.3. The van der Waals surface area contributed by atoms with Gasteiger partial charge in [-0.1, -0.05) is 0 Å². The van der Waals surface area contributed by atoms with E-state index >= 15 is 0 Å². The summed E-state index contributed by atoms with van der Waals surface area (Å²) < 4.78 is 5.35. The van der Waals surface area contributed by atoms with Crippen molar-refractivity contribution < 1.29 is 9.53 Å². The van der Waals surface area contributed by atoms with Crippen LogP contribution >= 0.6 is 0 Å². The summed E-state index contributed by atoms with van der Waals surface area (Å²) in [5, 5.41) is 6.18. The van der Waals surface area contributed by atoms with Crippen LogP contribution in [0.25, 0.3) is 0 Å². The molecule has 0 aliphatic carbocycles. The monoisotopic (exact) mass is 290 g/mol. The highest BCUT2D eigenvalue weighted by molar-refractivity contribution is 5.97. The van der Waals surface area contributed by atoms with E-state index in [1.165, 1.54) is 25.9 Å². The lowest BCUT2D eigenvalue weighted by molar-refractivity contribution is -0.118. The summed E-state index contributed by atoms with van der Waals surface area (Å²) in [6.45, 7) is 5.44.